The van der Waals surface area contributed by atoms with Gasteiger partial charge in [0.25, 0.3) is 0 Å². The SMILES string of the molecule is CCC(C(=O)O)C1CCC(Oc2ccncc2)CC1. The minimum atomic E-state index is -0.652. The molecule has 0 aromatic carbocycles. The number of ether oxygens (including phenoxy) is 1. The molecule has 19 heavy (non-hydrogen) atoms. The van der Waals surface area contributed by atoms with Crippen LogP contribution in [0.1, 0.15) is 39.0 Å². The van der Waals surface area contributed by atoms with Crippen molar-refractivity contribution >= 4 is 5.97 Å². The quantitative estimate of drug-likeness (QED) is 0.886. The van der Waals surface area contributed by atoms with Crippen molar-refractivity contribution in [3.8, 4) is 5.75 Å². The van der Waals surface area contributed by atoms with Gasteiger partial charge in [0.05, 0.1) is 12.0 Å². The molecule has 1 saturated carbocycles. The van der Waals surface area contributed by atoms with Gasteiger partial charge in [0.15, 0.2) is 0 Å². The summed E-state index contributed by atoms with van der Waals surface area (Å²) in [5.41, 5.74) is 0. The second-order valence-electron chi connectivity index (χ2n) is 5.19. The Morgan fingerprint density at radius 1 is 1.37 bits per heavy atom. The molecule has 1 heterocycles. The van der Waals surface area contributed by atoms with Crippen molar-refractivity contribution < 1.29 is 14.6 Å². The Labute approximate surface area is 113 Å². The number of aromatic nitrogens is 1. The van der Waals surface area contributed by atoms with Gasteiger partial charge in [-0.3, -0.25) is 9.78 Å². The lowest BCUT2D eigenvalue weighted by Crippen LogP contribution is -2.31. The largest absolute Gasteiger partial charge is 0.490 e. The molecule has 0 saturated heterocycles. The molecule has 0 amide bonds. The zero-order valence-electron chi connectivity index (χ0n) is 11.3. The van der Waals surface area contributed by atoms with Crippen LogP contribution in [0.3, 0.4) is 0 Å². The first-order chi connectivity index (χ1) is 9.20. The highest BCUT2D eigenvalue weighted by Gasteiger charge is 2.31. The van der Waals surface area contributed by atoms with Gasteiger partial charge in [0.1, 0.15) is 5.75 Å². The summed E-state index contributed by atoms with van der Waals surface area (Å²) in [6, 6.07) is 3.72. The van der Waals surface area contributed by atoms with Crippen molar-refractivity contribution in [2.24, 2.45) is 11.8 Å². The van der Waals surface area contributed by atoms with Crippen LogP contribution in [0.15, 0.2) is 24.5 Å². The van der Waals surface area contributed by atoms with Crippen LogP contribution in [0.5, 0.6) is 5.75 Å². The minimum Gasteiger partial charge on any atom is -0.490 e. The van der Waals surface area contributed by atoms with E-state index in [0.29, 0.717) is 5.92 Å². The number of aliphatic carboxylic acids is 1. The van der Waals surface area contributed by atoms with Crippen molar-refractivity contribution in [1.82, 2.24) is 4.98 Å². The molecule has 4 heteroatoms. The van der Waals surface area contributed by atoms with E-state index in [2.05, 4.69) is 4.98 Å². The molecule has 1 N–H and O–H groups in total. The molecule has 1 aliphatic rings. The molecule has 4 nitrogen and oxygen atoms in total. The lowest BCUT2D eigenvalue weighted by atomic mass is 9.78. The molecule has 0 bridgehead atoms. The number of nitrogens with zero attached hydrogens (tertiary/aromatic N) is 1. The van der Waals surface area contributed by atoms with Gasteiger partial charge in [-0.15, -0.1) is 0 Å². The van der Waals surface area contributed by atoms with E-state index in [1.54, 1.807) is 12.4 Å². The van der Waals surface area contributed by atoms with Crippen molar-refractivity contribution in [2.75, 3.05) is 0 Å². The third-order valence-corrected chi connectivity index (χ3v) is 4.00. The van der Waals surface area contributed by atoms with Gasteiger partial charge in [0, 0.05) is 12.4 Å². The molecule has 1 unspecified atom stereocenters. The fourth-order valence-corrected chi connectivity index (χ4v) is 2.93. The van der Waals surface area contributed by atoms with Gasteiger partial charge in [-0.1, -0.05) is 6.92 Å². The van der Waals surface area contributed by atoms with Gasteiger partial charge < -0.3 is 9.84 Å². The third kappa shape index (κ3) is 3.69. The Balaban J connectivity index is 1.84. The summed E-state index contributed by atoms with van der Waals surface area (Å²) < 4.78 is 5.89. The standard InChI is InChI=1S/C15H21NO3/c1-2-14(15(17)18)11-3-5-12(6-4-11)19-13-7-9-16-10-8-13/h7-12,14H,2-6H2,1H3,(H,17,18). The van der Waals surface area contributed by atoms with Gasteiger partial charge in [-0.2, -0.15) is 0 Å². The Hall–Kier alpha value is -1.58. The van der Waals surface area contributed by atoms with Crippen molar-refractivity contribution in [3.63, 3.8) is 0 Å². The fraction of sp³-hybridized carbons (Fsp3) is 0.600. The van der Waals surface area contributed by atoms with Gasteiger partial charge in [0.2, 0.25) is 0 Å². The molecular weight excluding hydrogens is 242 g/mol. The van der Waals surface area contributed by atoms with E-state index in [1.165, 1.54) is 0 Å². The van der Waals surface area contributed by atoms with E-state index in [4.69, 9.17) is 4.74 Å². The molecule has 0 spiro atoms. The minimum absolute atomic E-state index is 0.193. The molecular formula is C15H21NO3. The van der Waals surface area contributed by atoms with E-state index < -0.39 is 5.97 Å². The van der Waals surface area contributed by atoms with E-state index >= 15 is 0 Å². The fourth-order valence-electron chi connectivity index (χ4n) is 2.93. The second kappa shape index (κ2) is 6.55. The Kier molecular flexibility index (Phi) is 4.77. The van der Waals surface area contributed by atoms with Crippen LogP contribution in [0, 0.1) is 11.8 Å². The molecule has 1 atom stereocenters. The van der Waals surface area contributed by atoms with Gasteiger partial charge in [-0.05, 0) is 50.2 Å². The zero-order chi connectivity index (χ0) is 13.7. The molecule has 2 rings (SSSR count). The maximum atomic E-state index is 11.2. The highest BCUT2D eigenvalue weighted by Crippen LogP contribution is 2.33. The average Bonchev–Trinajstić information content (AvgIpc) is 2.42. The molecule has 104 valence electrons. The van der Waals surface area contributed by atoms with E-state index in [-0.39, 0.29) is 12.0 Å². The van der Waals surface area contributed by atoms with E-state index in [0.717, 1.165) is 37.9 Å². The summed E-state index contributed by atoms with van der Waals surface area (Å²) >= 11 is 0. The van der Waals surface area contributed by atoms with Crippen molar-refractivity contribution in [3.05, 3.63) is 24.5 Å². The first-order valence-corrected chi connectivity index (χ1v) is 7.00. The first-order valence-electron chi connectivity index (χ1n) is 7.00. The summed E-state index contributed by atoms with van der Waals surface area (Å²) in [6.07, 6.45) is 8.15. The smallest absolute Gasteiger partial charge is 0.306 e. The van der Waals surface area contributed by atoms with Crippen LogP contribution in [-0.4, -0.2) is 22.2 Å². The second-order valence-corrected chi connectivity index (χ2v) is 5.19. The number of carboxylic acid groups (broad SMARTS) is 1. The number of carboxylic acids is 1. The lowest BCUT2D eigenvalue weighted by Gasteiger charge is -2.31. The number of pyridine rings is 1. The van der Waals surface area contributed by atoms with Crippen molar-refractivity contribution in [1.29, 1.82) is 0 Å². The number of rotatable bonds is 5. The van der Waals surface area contributed by atoms with Gasteiger partial charge in [-0.25, -0.2) is 0 Å². The third-order valence-electron chi connectivity index (χ3n) is 4.00. The molecule has 1 aromatic rings. The van der Waals surface area contributed by atoms with E-state index in [9.17, 15) is 9.90 Å². The summed E-state index contributed by atoms with van der Waals surface area (Å²) in [4.78, 5) is 15.1. The van der Waals surface area contributed by atoms with Crippen molar-refractivity contribution in [2.45, 2.75) is 45.1 Å². The maximum absolute atomic E-state index is 11.2. The zero-order valence-corrected chi connectivity index (χ0v) is 11.3. The van der Waals surface area contributed by atoms with Crippen LogP contribution < -0.4 is 4.74 Å². The molecule has 1 aliphatic carbocycles. The molecule has 1 aromatic heterocycles. The first kappa shape index (κ1) is 13.8. The van der Waals surface area contributed by atoms with Crippen LogP contribution >= 0.6 is 0 Å². The summed E-state index contributed by atoms with van der Waals surface area (Å²) in [5.74, 6) is 0.311. The summed E-state index contributed by atoms with van der Waals surface area (Å²) in [5, 5.41) is 9.19. The number of hydrogen-bond acceptors (Lipinski definition) is 3. The number of hydrogen-bond donors (Lipinski definition) is 1. The summed E-state index contributed by atoms with van der Waals surface area (Å²) in [7, 11) is 0. The topological polar surface area (TPSA) is 59.4 Å². The average molecular weight is 263 g/mol. The normalized spacial score (nSPS) is 24.7. The monoisotopic (exact) mass is 263 g/mol. The summed E-state index contributed by atoms with van der Waals surface area (Å²) in [6.45, 7) is 1.96. The predicted octanol–water partition coefficient (Wildman–Crippen LogP) is 3.13. The van der Waals surface area contributed by atoms with Crippen LogP contribution in [0.25, 0.3) is 0 Å². The maximum Gasteiger partial charge on any atom is 0.306 e. The van der Waals surface area contributed by atoms with Crippen LogP contribution in [0.2, 0.25) is 0 Å². The molecule has 1 fully saturated rings. The van der Waals surface area contributed by atoms with Crippen LogP contribution in [0.4, 0.5) is 0 Å². The van der Waals surface area contributed by atoms with E-state index in [1.807, 2.05) is 19.1 Å². The molecule has 0 aliphatic heterocycles. The molecule has 0 radical (unpaired) electrons. The predicted molar refractivity (Wildman–Crippen MR) is 72.0 cm³/mol. The highest BCUT2D eigenvalue weighted by atomic mass is 16.5. The lowest BCUT2D eigenvalue weighted by molar-refractivity contribution is -0.144. The Morgan fingerprint density at radius 3 is 2.53 bits per heavy atom. The Bertz CT molecular complexity index is 399. The van der Waals surface area contributed by atoms with Crippen LogP contribution in [-0.2, 0) is 4.79 Å². The Morgan fingerprint density at radius 2 is 2.00 bits per heavy atom. The van der Waals surface area contributed by atoms with Gasteiger partial charge >= 0.3 is 5.97 Å². The highest BCUT2D eigenvalue weighted by molar-refractivity contribution is 5.70. The number of carbonyl (C=O) groups is 1.